The van der Waals surface area contributed by atoms with E-state index in [9.17, 15) is 0 Å². The molecule has 0 fully saturated rings. The first-order valence-corrected chi connectivity index (χ1v) is 11.8. The van der Waals surface area contributed by atoms with Gasteiger partial charge in [0.25, 0.3) is 0 Å². The predicted molar refractivity (Wildman–Crippen MR) is 136 cm³/mol. The predicted octanol–water partition coefficient (Wildman–Crippen LogP) is 7.81. The lowest BCUT2D eigenvalue weighted by atomic mass is 9.71. The van der Waals surface area contributed by atoms with Crippen molar-refractivity contribution in [3.8, 4) is 22.4 Å². The monoisotopic (exact) mass is 452 g/mol. The van der Waals surface area contributed by atoms with Crippen LogP contribution in [0.1, 0.15) is 46.1 Å². The highest BCUT2D eigenvalue weighted by Gasteiger charge is 2.30. The van der Waals surface area contributed by atoms with Gasteiger partial charge in [0.15, 0.2) is 6.20 Å². The number of hydrogen-bond donors (Lipinski definition) is 0. The fourth-order valence-corrected chi connectivity index (χ4v) is 5.48. The van der Waals surface area contributed by atoms with E-state index in [0.717, 1.165) is 39.6 Å². The van der Waals surface area contributed by atoms with Crippen LogP contribution in [0.2, 0.25) is 0 Å². The van der Waals surface area contributed by atoms with Crippen molar-refractivity contribution in [2.24, 2.45) is 7.05 Å². The molecular weight excluding hydrogens is 421 g/mol. The topological polar surface area (TPSA) is 17.0 Å². The molecular formula is C31H29FNO+. The second-order valence-corrected chi connectivity index (χ2v) is 10.0. The summed E-state index contributed by atoms with van der Waals surface area (Å²) >= 11 is 0. The van der Waals surface area contributed by atoms with Gasteiger partial charge in [-0.3, -0.25) is 0 Å². The first-order chi connectivity index (χ1) is 17.1. The quantitative estimate of drug-likeness (QED) is 0.250. The Balaban J connectivity index is 1.73. The van der Waals surface area contributed by atoms with Gasteiger partial charge in [-0.25, -0.2) is 8.96 Å². The molecule has 0 amide bonds. The molecule has 0 atom stereocenters. The van der Waals surface area contributed by atoms with Gasteiger partial charge in [-0.05, 0) is 72.0 Å². The largest absolute Gasteiger partial charge is 0.454 e. The zero-order valence-corrected chi connectivity index (χ0v) is 20.0. The van der Waals surface area contributed by atoms with E-state index in [4.69, 9.17) is 7.16 Å². The Labute approximate surface area is 202 Å². The van der Waals surface area contributed by atoms with Crippen LogP contribution < -0.4 is 4.57 Å². The molecule has 0 unspecified atom stereocenters. The van der Waals surface area contributed by atoms with E-state index in [1.54, 1.807) is 6.07 Å². The number of nitrogens with zero attached hydrogens (tertiary/aromatic N) is 1. The van der Waals surface area contributed by atoms with Gasteiger partial charge < -0.3 is 4.42 Å². The molecule has 0 N–H and O–H groups in total. The van der Waals surface area contributed by atoms with E-state index in [0.29, 0.717) is 34.3 Å². The average molecular weight is 453 g/mol. The molecule has 170 valence electrons. The first-order valence-electron chi connectivity index (χ1n) is 12.8. The maximum Gasteiger partial charge on any atom is 0.216 e. The minimum Gasteiger partial charge on any atom is -0.454 e. The van der Waals surface area contributed by atoms with Crippen molar-refractivity contribution in [2.75, 3.05) is 0 Å². The Bertz CT molecular complexity index is 1680. The molecule has 34 heavy (non-hydrogen) atoms. The number of benzene rings is 3. The molecule has 2 heterocycles. The Morgan fingerprint density at radius 1 is 0.941 bits per heavy atom. The number of fused-ring (bicyclic) bond motifs is 4. The molecule has 0 saturated heterocycles. The first kappa shape index (κ1) is 18.9. The van der Waals surface area contributed by atoms with Gasteiger partial charge in [0, 0.05) is 25.6 Å². The second-order valence-electron chi connectivity index (χ2n) is 10.0. The number of pyridine rings is 1. The maximum atomic E-state index is 15.7. The smallest absolute Gasteiger partial charge is 0.216 e. The number of furan rings is 1. The summed E-state index contributed by atoms with van der Waals surface area (Å²) in [4.78, 5) is 0. The van der Waals surface area contributed by atoms with E-state index >= 15 is 4.39 Å². The Morgan fingerprint density at radius 2 is 1.71 bits per heavy atom. The van der Waals surface area contributed by atoms with Gasteiger partial charge in [-0.2, -0.15) is 0 Å². The molecule has 2 aromatic heterocycles. The summed E-state index contributed by atoms with van der Waals surface area (Å²) in [6.07, 6.45) is 1.59. The zero-order chi connectivity index (χ0) is 25.4. The summed E-state index contributed by atoms with van der Waals surface area (Å²) < 4.78 is 42.1. The van der Waals surface area contributed by atoms with Crippen LogP contribution in [-0.4, -0.2) is 0 Å². The fraction of sp³-hybridized carbons (Fsp3) is 0.258. The van der Waals surface area contributed by atoms with Crippen LogP contribution in [0.25, 0.3) is 44.3 Å². The van der Waals surface area contributed by atoms with Crippen LogP contribution in [0.3, 0.4) is 0 Å². The molecule has 0 saturated carbocycles. The van der Waals surface area contributed by atoms with Crippen molar-refractivity contribution < 1.29 is 16.1 Å². The minimum atomic E-state index is -1.55. The normalized spacial score (nSPS) is 17.4. The van der Waals surface area contributed by atoms with Crippen molar-refractivity contribution in [3.63, 3.8) is 0 Å². The standard InChI is InChI=1S/C31H29FNO/c1-19-13-14-22-23-15-16-25(32)28(21-9-7-11-24-20(21)10-8-17-31(24,2)3)30(23)34-29(22)27(19)26-12-5-6-18-33(26)4/h5-7,9,11-16,18H,8,10,17H2,1-4H3/q+1/i10D2. The summed E-state index contributed by atoms with van der Waals surface area (Å²) in [5.41, 5.74) is 6.48. The molecule has 0 aliphatic heterocycles. The third kappa shape index (κ3) is 3.03. The molecule has 3 heteroatoms. The second kappa shape index (κ2) is 7.53. The highest BCUT2D eigenvalue weighted by Crippen LogP contribution is 2.45. The maximum absolute atomic E-state index is 15.7. The molecule has 5 aromatic rings. The molecule has 0 bridgehead atoms. The number of rotatable bonds is 2. The van der Waals surface area contributed by atoms with E-state index in [2.05, 4.69) is 37.5 Å². The summed E-state index contributed by atoms with van der Waals surface area (Å²) in [6, 6.07) is 19.2. The van der Waals surface area contributed by atoms with Crippen molar-refractivity contribution >= 4 is 21.9 Å². The molecule has 1 aliphatic carbocycles. The molecule has 1 aliphatic rings. The van der Waals surface area contributed by atoms with Gasteiger partial charge in [0.1, 0.15) is 24.0 Å². The molecule has 3 aromatic carbocycles. The van der Waals surface area contributed by atoms with Crippen LogP contribution >= 0.6 is 0 Å². The Hall–Kier alpha value is -3.46. The third-order valence-corrected chi connectivity index (χ3v) is 7.39. The SMILES string of the molecule is [2H]C1([2H])CCC(C)(C)c2cccc(-c3c(F)ccc4c3oc3c(-c5cccc[n+]5C)c(C)ccc34)c21. The van der Waals surface area contributed by atoms with Crippen LogP contribution in [0.5, 0.6) is 0 Å². The van der Waals surface area contributed by atoms with Crippen molar-refractivity contribution in [3.05, 3.63) is 89.4 Å². The summed E-state index contributed by atoms with van der Waals surface area (Å²) in [6.45, 7) is 6.33. The molecule has 2 nitrogen and oxygen atoms in total. The molecule has 0 radical (unpaired) electrons. The van der Waals surface area contributed by atoms with Crippen molar-refractivity contribution in [1.29, 1.82) is 0 Å². The number of halogens is 1. The van der Waals surface area contributed by atoms with Crippen molar-refractivity contribution in [1.82, 2.24) is 0 Å². The van der Waals surface area contributed by atoms with Crippen LogP contribution in [0.4, 0.5) is 4.39 Å². The summed E-state index contributed by atoms with van der Waals surface area (Å²) in [5.74, 6) is -0.405. The summed E-state index contributed by atoms with van der Waals surface area (Å²) in [5, 5.41) is 1.75. The Kier molecular flexibility index (Phi) is 4.19. The van der Waals surface area contributed by atoms with E-state index in [-0.39, 0.29) is 5.41 Å². The van der Waals surface area contributed by atoms with Crippen LogP contribution in [0, 0.1) is 12.7 Å². The lowest BCUT2D eigenvalue weighted by Gasteiger charge is -2.33. The minimum absolute atomic E-state index is 0.193. The fourth-order valence-electron chi connectivity index (χ4n) is 5.48. The lowest BCUT2D eigenvalue weighted by Crippen LogP contribution is -2.30. The van der Waals surface area contributed by atoms with Gasteiger partial charge in [0.2, 0.25) is 5.69 Å². The highest BCUT2D eigenvalue weighted by atomic mass is 19.1. The number of hydrogen-bond acceptors (Lipinski definition) is 1. The number of aryl methyl sites for hydroxylation is 2. The highest BCUT2D eigenvalue weighted by molar-refractivity contribution is 6.13. The van der Waals surface area contributed by atoms with Gasteiger partial charge >= 0.3 is 0 Å². The van der Waals surface area contributed by atoms with Crippen LogP contribution in [-0.2, 0) is 18.8 Å². The molecule has 0 spiro atoms. The van der Waals surface area contributed by atoms with Gasteiger partial charge in [-0.1, -0.05) is 44.2 Å². The van der Waals surface area contributed by atoms with E-state index < -0.39 is 12.2 Å². The van der Waals surface area contributed by atoms with Crippen molar-refractivity contribution in [2.45, 2.75) is 45.4 Å². The third-order valence-electron chi connectivity index (χ3n) is 7.39. The van der Waals surface area contributed by atoms with Gasteiger partial charge in [-0.15, -0.1) is 0 Å². The molecule has 6 rings (SSSR count). The van der Waals surface area contributed by atoms with E-state index in [1.807, 2.05) is 49.6 Å². The lowest BCUT2D eigenvalue weighted by molar-refractivity contribution is -0.660. The van der Waals surface area contributed by atoms with E-state index in [1.165, 1.54) is 6.07 Å². The Morgan fingerprint density at radius 3 is 2.50 bits per heavy atom. The average Bonchev–Trinajstić information content (AvgIpc) is 3.21. The number of aromatic nitrogens is 1. The van der Waals surface area contributed by atoms with Gasteiger partial charge in [0.05, 0.1) is 11.1 Å². The van der Waals surface area contributed by atoms with Crippen LogP contribution in [0.15, 0.2) is 71.3 Å². The summed E-state index contributed by atoms with van der Waals surface area (Å²) in [7, 11) is 2.00. The zero-order valence-electron chi connectivity index (χ0n) is 22.0.